The van der Waals surface area contributed by atoms with Crippen molar-refractivity contribution in [2.24, 2.45) is 0 Å². The van der Waals surface area contributed by atoms with E-state index in [1.807, 2.05) is 19.1 Å². The molecular formula is C19H19ClN2O3. The van der Waals surface area contributed by atoms with Gasteiger partial charge in [-0.05, 0) is 36.6 Å². The molecule has 3 aromatic rings. The number of carbonyl (C=O) groups excluding carboxylic acids is 1. The van der Waals surface area contributed by atoms with Crippen LogP contribution in [0.2, 0.25) is 5.02 Å². The minimum Gasteiger partial charge on any atom is -0.408 e. The fourth-order valence-electron chi connectivity index (χ4n) is 2.75. The van der Waals surface area contributed by atoms with Gasteiger partial charge in [0, 0.05) is 11.1 Å². The van der Waals surface area contributed by atoms with Crippen molar-refractivity contribution in [1.29, 1.82) is 0 Å². The van der Waals surface area contributed by atoms with Gasteiger partial charge in [-0.3, -0.25) is 9.36 Å². The van der Waals surface area contributed by atoms with Crippen molar-refractivity contribution in [1.82, 2.24) is 9.88 Å². The van der Waals surface area contributed by atoms with Crippen molar-refractivity contribution < 1.29 is 9.21 Å². The van der Waals surface area contributed by atoms with Crippen LogP contribution in [0.5, 0.6) is 0 Å². The zero-order chi connectivity index (χ0) is 18.0. The Morgan fingerprint density at radius 1 is 1.24 bits per heavy atom. The highest BCUT2D eigenvalue weighted by Crippen LogP contribution is 2.18. The summed E-state index contributed by atoms with van der Waals surface area (Å²) in [6.45, 7) is 3.90. The van der Waals surface area contributed by atoms with Gasteiger partial charge in [0.15, 0.2) is 5.58 Å². The van der Waals surface area contributed by atoms with Gasteiger partial charge in [-0.15, -0.1) is 0 Å². The lowest BCUT2D eigenvalue weighted by Crippen LogP contribution is -2.32. The number of halogens is 1. The second-order valence-corrected chi connectivity index (χ2v) is 6.39. The standard InChI is InChI=1S/C19H19ClN2O3/c1-3-13-4-6-14(7-5-13)12(2)21-18(23)11-22-16-9-8-15(20)10-17(16)25-19(22)24/h4-10,12H,3,11H2,1-2H3,(H,21,23)/t12-/m0/s1. The van der Waals surface area contributed by atoms with Crippen LogP contribution in [0.3, 0.4) is 0 Å². The molecule has 25 heavy (non-hydrogen) atoms. The van der Waals surface area contributed by atoms with Gasteiger partial charge in [0.1, 0.15) is 6.54 Å². The molecule has 0 unspecified atom stereocenters. The summed E-state index contributed by atoms with van der Waals surface area (Å²) in [5, 5.41) is 3.38. The maximum absolute atomic E-state index is 12.3. The number of nitrogens with zero attached hydrogens (tertiary/aromatic N) is 1. The van der Waals surface area contributed by atoms with E-state index in [1.54, 1.807) is 18.2 Å². The van der Waals surface area contributed by atoms with Crippen LogP contribution in [0.25, 0.3) is 11.1 Å². The van der Waals surface area contributed by atoms with Crippen molar-refractivity contribution >= 4 is 28.6 Å². The van der Waals surface area contributed by atoms with Crippen molar-refractivity contribution in [3.8, 4) is 0 Å². The number of oxazole rings is 1. The summed E-state index contributed by atoms with van der Waals surface area (Å²) in [4.78, 5) is 24.3. The van der Waals surface area contributed by atoms with E-state index < -0.39 is 5.76 Å². The highest BCUT2D eigenvalue weighted by Gasteiger charge is 2.15. The quantitative estimate of drug-likeness (QED) is 0.756. The molecule has 1 amide bonds. The summed E-state index contributed by atoms with van der Waals surface area (Å²) in [5.74, 6) is -0.834. The first-order valence-corrected chi connectivity index (χ1v) is 8.53. The molecular weight excluding hydrogens is 340 g/mol. The minimum atomic E-state index is -0.577. The number of aryl methyl sites for hydroxylation is 1. The van der Waals surface area contributed by atoms with Crippen LogP contribution in [-0.4, -0.2) is 10.5 Å². The number of benzene rings is 2. The Balaban J connectivity index is 1.74. The second-order valence-electron chi connectivity index (χ2n) is 5.95. The van der Waals surface area contributed by atoms with Gasteiger partial charge in [0.2, 0.25) is 5.91 Å². The lowest BCUT2D eigenvalue weighted by atomic mass is 10.1. The van der Waals surface area contributed by atoms with Gasteiger partial charge in [-0.25, -0.2) is 4.79 Å². The molecule has 5 nitrogen and oxygen atoms in total. The van der Waals surface area contributed by atoms with Crippen molar-refractivity contribution in [2.45, 2.75) is 32.9 Å². The highest BCUT2D eigenvalue weighted by molar-refractivity contribution is 6.31. The topological polar surface area (TPSA) is 64.2 Å². The molecule has 130 valence electrons. The third-order valence-corrected chi connectivity index (χ3v) is 4.43. The van der Waals surface area contributed by atoms with E-state index in [1.165, 1.54) is 10.1 Å². The van der Waals surface area contributed by atoms with Crippen molar-refractivity contribution in [3.05, 3.63) is 69.2 Å². The molecule has 0 aliphatic rings. The molecule has 1 atom stereocenters. The van der Waals surface area contributed by atoms with Crippen molar-refractivity contribution in [2.75, 3.05) is 0 Å². The Bertz CT molecular complexity index is 957. The molecule has 0 saturated heterocycles. The summed E-state index contributed by atoms with van der Waals surface area (Å²) in [7, 11) is 0. The van der Waals surface area contributed by atoms with Gasteiger partial charge in [-0.2, -0.15) is 0 Å². The summed E-state index contributed by atoms with van der Waals surface area (Å²) >= 11 is 5.89. The maximum atomic E-state index is 12.3. The molecule has 0 fully saturated rings. The van der Waals surface area contributed by atoms with Gasteiger partial charge < -0.3 is 9.73 Å². The molecule has 1 aromatic heterocycles. The predicted octanol–water partition coefficient (Wildman–Crippen LogP) is 3.69. The first kappa shape index (κ1) is 17.3. The largest absolute Gasteiger partial charge is 0.420 e. The fraction of sp³-hybridized carbons (Fsp3) is 0.263. The molecule has 6 heteroatoms. The Labute approximate surface area is 150 Å². The normalized spacial score (nSPS) is 12.3. The Morgan fingerprint density at radius 3 is 2.64 bits per heavy atom. The molecule has 1 N–H and O–H groups in total. The van der Waals surface area contributed by atoms with E-state index in [0.29, 0.717) is 16.1 Å². The second kappa shape index (κ2) is 7.15. The number of rotatable bonds is 5. The molecule has 1 heterocycles. The lowest BCUT2D eigenvalue weighted by molar-refractivity contribution is -0.122. The minimum absolute atomic E-state index is 0.106. The molecule has 2 aromatic carbocycles. The number of carbonyl (C=O) groups is 1. The van der Waals surface area contributed by atoms with E-state index in [9.17, 15) is 9.59 Å². The lowest BCUT2D eigenvalue weighted by Gasteiger charge is -2.15. The number of aromatic nitrogens is 1. The zero-order valence-electron chi connectivity index (χ0n) is 14.1. The van der Waals surface area contributed by atoms with Crippen LogP contribution in [0.4, 0.5) is 0 Å². The molecule has 0 aliphatic heterocycles. The summed E-state index contributed by atoms with van der Waals surface area (Å²) in [5.41, 5.74) is 3.18. The summed E-state index contributed by atoms with van der Waals surface area (Å²) in [6, 6.07) is 12.8. The number of amides is 1. The third kappa shape index (κ3) is 3.77. The smallest absolute Gasteiger partial charge is 0.408 e. The number of nitrogens with one attached hydrogen (secondary N) is 1. The van der Waals surface area contributed by atoms with Crippen molar-refractivity contribution in [3.63, 3.8) is 0 Å². The summed E-state index contributed by atoms with van der Waals surface area (Å²) in [6.07, 6.45) is 0.974. The van der Waals surface area contributed by atoms with Gasteiger partial charge >= 0.3 is 5.76 Å². The van der Waals surface area contributed by atoms with Gasteiger partial charge in [-0.1, -0.05) is 42.8 Å². The van der Waals surface area contributed by atoms with Crippen LogP contribution in [0.1, 0.15) is 31.0 Å². The van der Waals surface area contributed by atoms with E-state index in [0.717, 1.165) is 12.0 Å². The monoisotopic (exact) mass is 358 g/mol. The Hall–Kier alpha value is -2.53. The first-order valence-electron chi connectivity index (χ1n) is 8.15. The molecule has 0 bridgehead atoms. The fourth-order valence-corrected chi connectivity index (χ4v) is 2.91. The molecule has 0 aliphatic carbocycles. The number of hydrogen-bond acceptors (Lipinski definition) is 3. The van der Waals surface area contributed by atoms with Gasteiger partial charge in [0.05, 0.1) is 11.6 Å². The Morgan fingerprint density at radius 2 is 1.96 bits per heavy atom. The van der Waals surface area contributed by atoms with Crippen LogP contribution in [0.15, 0.2) is 51.7 Å². The molecule has 0 radical (unpaired) electrons. The summed E-state index contributed by atoms with van der Waals surface area (Å²) < 4.78 is 6.44. The van der Waals surface area contributed by atoms with E-state index in [4.69, 9.17) is 16.0 Å². The van der Waals surface area contributed by atoms with Crippen LogP contribution >= 0.6 is 11.6 Å². The third-order valence-electron chi connectivity index (χ3n) is 4.20. The average molecular weight is 359 g/mol. The molecule has 0 saturated carbocycles. The SMILES string of the molecule is CCc1ccc([C@H](C)NC(=O)Cn2c(=O)oc3cc(Cl)ccc32)cc1. The average Bonchev–Trinajstić information content (AvgIpc) is 2.89. The molecule has 3 rings (SSSR count). The highest BCUT2D eigenvalue weighted by atomic mass is 35.5. The van der Waals surface area contributed by atoms with E-state index in [2.05, 4.69) is 24.4 Å². The van der Waals surface area contributed by atoms with Gasteiger partial charge in [0.25, 0.3) is 0 Å². The van der Waals surface area contributed by atoms with E-state index >= 15 is 0 Å². The van der Waals surface area contributed by atoms with Crippen LogP contribution in [0, 0.1) is 0 Å². The zero-order valence-corrected chi connectivity index (χ0v) is 14.8. The predicted molar refractivity (Wildman–Crippen MR) is 97.9 cm³/mol. The molecule has 0 spiro atoms. The van der Waals surface area contributed by atoms with Crippen LogP contribution < -0.4 is 11.1 Å². The number of fused-ring (bicyclic) bond motifs is 1. The Kier molecular flexibility index (Phi) is 4.95. The van der Waals surface area contributed by atoms with Crippen LogP contribution in [-0.2, 0) is 17.8 Å². The van der Waals surface area contributed by atoms with E-state index in [-0.39, 0.29) is 18.5 Å². The maximum Gasteiger partial charge on any atom is 0.420 e. The first-order chi connectivity index (χ1) is 12.0. The number of hydrogen-bond donors (Lipinski definition) is 1.